The number of amides is 2. The monoisotopic (exact) mass is 653 g/mol. The first-order valence-corrected chi connectivity index (χ1v) is 15.8. The number of nitrogens with zero attached hydrogens (tertiary/aromatic N) is 2. The summed E-state index contributed by atoms with van der Waals surface area (Å²) >= 11 is 18.7. The van der Waals surface area contributed by atoms with Crippen molar-refractivity contribution in [1.82, 2.24) is 10.2 Å². The van der Waals surface area contributed by atoms with Gasteiger partial charge in [0, 0.05) is 12.6 Å². The van der Waals surface area contributed by atoms with Crippen LogP contribution in [0.3, 0.4) is 0 Å². The van der Waals surface area contributed by atoms with Crippen molar-refractivity contribution in [1.29, 1.82) is 0 Å². The lowest BCUT2D eigenvalue weighted by molar-refractivity contribution is -0.139. The van der Waals surface area contributed by atoms with Gasteiger partial charge in [0.05, 0.1) is 32.8 Å². The molecule has 0 radical (unpaired) electrons. The molecule has 0 aromatic heterocycles. The van der Waals surface area contributed by atoms with E-state index in [1.165, 1.54) is 42.3 Å². The number of nitrogens with one attached hydrogen (secondary N) is 1. The van der Waals surface area contributed by atoms with E-state index >= 15 is 0 Å². The van der Waals surface area contributed by atoms with E-state index < -0.39 is 28.5 Å². The molecular weight excluding hydrogens is 621 g/mol. The number of hydrogen-bond acceptors (Lipinski definition) is 5. The van der Waals surface area contributed by atoms with Crippen LogP contribution in [0.25, 0.3) is 0 Å². The molecule has 0 aliphatic heterocycles. The van der Waals surface area contributed by atoms with E-state index in [0.717, 1.165) is 9.87 Å². The average Bonchev–Trinajstić information content (AvgIpc) is 2.95. The number of benzene rings is 3. The molecule has 3 rings (SSSR count). The van der Waals surface area contributed by atoms with Crippen LogP contribution in [0, 0.1) is 6.92 Å². The van der Waals surface area contributed by atoms with E-state index in [1.54, 1.807) is 37.3 Å². The van der Waals surface area contributed by atoms with Crippen molar-refractivity contribution in [3.63, 3.8) is 0 Å². The highest BCUT2D eigenvalue weighted by atomic mass is 35.5. The Labute approximate surface area is 262 Å². The van der Waals surface area contributed by atoms with Crippen molar-refractivity contribution in [3.8, 4) is 5.75 Å². The number of halogens is 3. The summed E-state index contributed by atoms with van der Waals surface area (Å²) in [7, 11) is -2.80. The molecule has 3 aromatic rings. The molecule has 0 saturated carbocycles. The third kappa shape index (κ3) is 8.10. The van der Waals surface area contributed by atoms with Gasteiger partial charge in [-0.05, 0) is 75.2 Å². The molecule has 0 unspecified atom stereocenters. The van der Waals surface area contributed by atoms with Gasteiger partial charge >= 0.3 is 0 Å². The number of hydrogen-bond donors (Lipinski definition) is 1. The maximum Gasteiger partial charge on any atom is 0.264 e. The highest BCUT2D eigenvalue weighted by Crippen LogP contribution is 2.32. The van der Waals surface area contributed by atoms with Gasteiger partial charge in [0.1, 0.15) is 18.3 Å². The molecular formula is C30H34Cl3N3O5S. The zero-order valence-electron chi connectivity index (χ0n) is 24.0. The summed E-state index contributed by atoms with van der Waals surface area (Å²) < 4.78 is 34.1. The standard InChI is InChI=1S/C30H34Cl3N3O5S/c1-6-20(3)34-30(38)21(4)35(17-22-9-13-25(31)26(32)15-22)29(37)18-36(23-10-14-28(41-5)27(33)16-23)42(39,40)24-11-7-19(2)8-12-24/h7-16,20-21H,6,17-18H2,1-5H3,(H,34,38)/t20-,21+/m1/s1. The molecule has 226 valence electrons. The summed E-state index contributed by atoms with van der Waals surface area (Å²) in [5, 5.41) is 3.69. The first kappa shape index (κ1) is 33.5. The average molecular weight is 655 g/mol. The molecule has 2 amide bonds. The number of sulfonamides is 1. The molecule has 8 nitrogen and oxygen atoms in total. The van der Waals surface area contributed by atoms with Gasteiger partial charge in [-0.3, -0.25) is 13.9 Å². The van der Waals surface area contributed by atoms with Crippen LogP contribution in [-0.2, 0) is 26.2 Å². The lowest BCUT2D eigenvalue weighted by Gasteiger charge is -2.32. The van der Waals surface area contributed by atoms with Gasteiger partial charge in [0.2, 0.25) is 11.8 Å². The van der Waals surface area contributed by atoms with E-state index in [1.807, 2.05) is 20.8 Å². The number of aryl methyl sites for hydroxylation is 1. The molecule has 0 spiro atoms. The van der Waals surface area contributed by atoms with Crippen molar-refractivity contribution >= 4 is 62.3 Å². The predicted octanol–water partition coefficient (Wildman–Crippen LogP) is 6.49. The predicted molar refractivity (Wildman–Crippen MR) is 168 cm³/mol. The topological polar surface area (TPSA) is 96.0 Å². The third-order valence-corrected chi connectivity index (χ3v) is 9.64. The van der Waals surface area contributed by atoms with E-state index in [0.29, 0.717) is 22.8 Å². The molecule has 0 aliphatic rings. The zero-order chi connectivity index (χ0) is 31.2. The maximum atomic E-state index is 14.0. The normalized spacial score (nSPS) is 12.8. The Morgan fingerprint density at radius 3 is 2.17 bits per heavy atom. The highest BCUT2D eigenvalue weighted by Gasteiger charge is 2.33. The molecule has 0 bridgehead atoms. The fourth-order valence-electron chi connectivity index (χ4n) is 4.06. The van der Waals surface area contributed by atoms with Crippen molar-refractivity contribution in [3.05, 3.63) is 86.9 Å². The second-order valence-electron chi connectivity index (χ2n) is 9.91. The van der Waals surface area contributed by atoms with Crippen LogP contribution in [0.4, 0.5) is 5.69 Å². The van der Waals surface area contributed by atoms with Crippen LogP contribution < -0.4 is 14.4 Å². The first-order valence-electron chi connectivity index (χ1n) is 13.2. The van der Waals surface area contributed by atoms with E-state index in [4.69, 9.17) is 39.5 Å². The summed E-state index contributed by atoms with van der Waals surface area (Å²) in [4.78, 5) is 28.5. The molecule has 3 aromatic carbocycles. The Hall–Kier alpha value is -2.98. The molecule has 12 heteroatoms. The number of carbonyl (C=O) groups is 2. The number of rotatable bonds is 12. The Bertz CT molecular complexity index is 1530. The Morgan fingerprint density at radius 1 is 0.929 bits per heavy atom. The summed E-state index contributed by atoms with van der Waals surface area (Å²) in [6.07, 6.45) is 0.694. The number of anilines is 1. The molecule has 0 saturated heterocycles. The van der Waals surface area contributed by atoms with Crippen molar-refractivity contribution in [2.24, 2.45) is 0 Å². The fourth-order valence-corrected chi connectivity index (χ4v) is 6.04. The van der Waals surface area contributed by atoms with E-state index in [-0.39, 0.29) is 39.1 Å². The summed E-state index contributed by atoms with van der Waals surface area (Å²) in [5.74, 6) is -0.648. The minimum absolute atomic E-state index is 0.00793. The van der Waals surface area contributed by atoms with Gasteiger partial charge in [-0.2, -0.15) is 0 Å². The lowest BCUT2D eigenvalue weighted by atomic mass is 10.1. The molecule has 1 N–H and O–H groups in total. The molecule has 0 aliphatic carbocycles. The van der Waals surface area contributed by atoms with Gasteiger partial charge < -0.3 is 15.0 Å². The van der Waals surface area contributed by atoms with Gasteiger partial charge in [-0.25, -0.2) is 8.42 Å². The third-order valence-electron chi connectivity index (χ3n) is 6.82. The summed E-state index contributed by atoms with van der Waals surface area (Å²) in [6.45, 7) is 6.60. The van der Waals surface area contributed by atoms with Crippen molar-refractivity contribution < 1.29 is 22.7 Å². The molecule has 2 atom stereocenters. The van der Waals surface area contributed by atoms with Crippen LogP contribution in [0.15, 0.2) is 65.6 Å². The smallest absolute Gasteiger partial charge is 0.264 e. The zero-order valence-corrected chi connectivity index (χ0v) is 27.1. The second-order valence-corrected chi connectivity index (χ2v) is 13.0. The minimum Gasteiger partial charge on any atom is -0.495 e. The van der Waals surface area contributed by atoms with Crippen LogP contribution >= 0.6 is 34.8 Å². The van der Waals surface area contributed by atoms with Crippen LogP contribution in [-0.4, -0.2) is 50.9 Å². The van der Waals surface area contributed by atoms with Crippen molar-refractivity contribution in [2.75, 3.05) is 18.0 Å². The van der Waals surface area contributed by atoms with Crippen LogP contribution in [0.1, 0.15) is 38.3 Å². The van der Waals surface area contributed by atoms with Gasteiger partial charge in [0.25, 0.3) is 10.0 Å². The van der Waals surface area contributed by atoms with Crippen molar-refractivity contribution in [2.45, 2.75) is 57.6 Å². The van der Waals surface area contributed by atoms with E-state index in [2.05, 4.69) is 5.32 Å². The maximum absolute atomic E-state index is 14.0. The van der Waals surface area contributed by atoms with E-state index in [9.17, 15) is 18.0 Å². The quantitative estimate of drug-likeness (QED) is 0.241. The Morgan fingerprint density at radius 2 is 1.60 bits per heavy atom. The first-order chi connectivity index (χ1) is 19.8. The van der Waals surface area contributed by atoms with Gasteiger partial charge in [-0.1, -0.05) is 65.5 Å². The van der Waals surface area contributed by atoms with Crippen LogP contribution in [0.5, 0.6) is 5.75 Å². The largest absolute Gasteiger partial charge is 0.495 e. The Balaban J connectivity index is 2.08. The SMILES string of the molecule is CC[C@@H](C)NC(=O)[C@H](C)N(Cc1ccc(Cl)c(Cl)c1)C(=O)CN(c1ccc(OC)c(Cl)c1)S(=O)(=O)c1ccc(C)cc1. The molecule has 0 heterocycles. The minimum atomic E-state index is -4.24. The molecule has 42 heavy (non-hydrogen) atoms. The fraction of sp³-hybridized carbons (Fsp3) is 0.333. The number of ether oxygens (including phenoxy) is 1. The Kier molecular flexibility index (Phi) is 11.5. The summed E-state index contributed by atoms with van der Waals surface area (Å²) in [5.41, 5.74) is 1.64. The highest BCUT2D eigenvalue weighted by molar-refractivity contribution is 7.92. The number of carbonyl (C=O) groups excluding carboxylic acids is 2. The van der Waals surface area contributed by atoms with Gasteiger partial charge in [0.15, 0.2) is 0 Å². The summed E-state index contributed by atoms with van der Waals surface area (Å²) in [6, 6.07) is 14.6. The molecule has 0 fully saturated rings. The van der Waals surface area contributed by atoms with Gasteiger partial charge in [-0.15, -0.1) is 0 Å². The lowest BCUT2D eigenvalue weighted by Crippen LogP contribution is -2.52. The van der Waals surface area contributed by atoms with Crippen LogP contribution in [0.2, 0.25) is 15.1 Å². The second kappa shape index (κ2) is 14.5. The number of methoxy groups -OCH3 is 1.